The molecule has 0 aromatic heterocycles. The maximum Gasteiger partial charge on any atom is 0.161 e. The minimum Gasteiger partial charge on any atom is -0.493 e. The Morgan fingerprint density at radius 1 is 0.656 bits per heavy atom. The Balaban J connectivity index is 2.01. The molecule has 0 saturated carbocycles. The van der Waals surface area contributed by atoms with Crippen molar-refractivity contribution in [1.29, 1.82) is 0 Å². The summed E-state index contributed by atoms with van der Waals surface area (Å²) in [5, 5.41) is 0. The third-order valence-corrected chi connectivity index (χ3v) is 7.20. The smallest absolute Gasteiger partial charge is 0.161 e. The molecule has 0 fully saturated rings. The van der Waals surface area contributed by atoms with Gasteiger partial charge in [0, 0.05) is 11.4 Å². The lowest BCUT2D eigenvalue weighted by molar-refractivity contribution is 0.353. The lowest BCUT2D eigenvalue weighted by Crippen LogP contribution is -2.25. The minimum absolute atomic E-state index is 0.400. The SMILES string of the molecule is COc1cc(CN)c(SC(c2ccccc2)(c2ccccc2)c2ccccc2)cc1OC. The minimum atomic E-state index is -0.479. The van der Waals surface area contributed by atoms with Crippen LogP contribution in [0.3, 0.4) is 0 Å². The third-order valence-electron chi connectivity index (χ3n) is 5.59. The number of benzene rings is 4. The molecule has 4 heteroatoms. The summed E-state index contributed by atoms with van der Waals surface area (Å²) < 4.78 is 10.7. The first-order chi connectivity index (χ1) is 15.7. The first-order valence-corrected chi connectivity index (χ1v) is 11.3. The number of nitrogens with two attached hydrogens (primary N) is 1. The third kappa shape index (κ3) is 4.12. The van der Waals surface area contributed by atoms with Gasteiger partial charge in [0.25, 0.3) is 0 Å². The predicted molar refractivity (Wildman–Crippen MR) is 133 cm³/mol. The molecule has 0 aliphatic rings. The van der Waals surface area contributed by atoms with E-state index in [1.165, 1.54) is 16.7 Å². The van der Waals surface area contributed by atoms with Gasteiger partial charge in [-0.2, -0.15) is 0 Å². The normalized spacial score (nSPS) is 11.2. The number of methoxy groups -OCH3 is 2. The Labute approximate surface area is 194 Å². The molecule has 0 amide bonds. The van der Waals surface area contributed by atoms with Crippen molar-refractivity contribution in [3.8, 4) is 11.5 Å². The molecule has 0 bridgehead atoms. The summed E-state index contributed by atoms with van der Waals surface area (Å²) >= 11 is 1.78. The maximum absolute atomic E-state index is 6.19. The van der Waals surface area contributed by atoms with Gasteiger partial charge in [-0.1, -0.05) is 91.0 Å². The molecule has 162 valence electrons. The second kappa shape index (κ2) is 9.94. The lowest BCUT2D eigenvalue weighted by atomic mass is 9.84. The van der Waals surface area contributed by atoms with E-state index in [4.69, 9.17) is 15.2 Å². The monoisotopic (exact) mass is 441 g/mol. The van der Waals surface area contributed by atoms with Crippen molar-refractivity contribution in [1.82, 2.24) is 0 Å². The topological polar surface area (TPSA) is 44.5 Å². The van der Waals surface area contributed by atoms with Gasteiger partial charge in [0.05, 0.1) is 19.0 Å². The summed E-state index contributed by atoms with van der Waals surface area (Å²) in [5.41, 5.74) is 10.8. The predicted octanol–water partition coefficient (Wildman–Crippen LogP) is 6.25. The van der Waals surface area contributed by atoms with Crippen molar-refractivity contribution in [2.75, 3.05) is 14.2 Å². The van der Waals surface area contributed by atoms with Gasteiger partial charge in [-0.05, 0) is 34.4 Å². The highest BCUT2D eigenvalue weighted by Gasteiger charge is 2.38. The molecule has 0 unspecified atom stereocenters. The van der Waals surface area contributed by atoms with Crippen LogP contribution in [-0.4, -0.2) is 14.2 Å². The van der Waals surface area contributed by atoms with E-state index in [2.05, 4.69) is 91.0 Å². The maximum atomic E-state index is 6.19. The van der Waals surface area contributed by atoms with Gasteiger partial charge in [0.2, 0.25) is 0 Å². The highest BCUT2D eigenvalue weighted by atomic mass is 32.2. The van der Waals surface area contributed by atoms with E-state index in [1.807, 2.05) is 12.1 Å². The van der Waals surface area contributed by atoms with Crippen LogP contribution in [0.5, 0.6) is 11.5 Å². The highest BCUT2D eigenvalue weighted by Crippen LogP contribution is 2.53. The zero-order valence-corrected chi connectivity index (χ0v) is 19.1. The van der Waals surface area contributed by atoms with Crippen molar-refractivity contribution in [2.45, 2.75) is 16.2 Å². The van der Waals surface area contributed by atoms with Crippen LogP contribution in [0.1, 0.15) is 22.3 Å². The summed E-state index contributed by atoms with van der Waals surface area (Å²) in [6.45, 7) is 0.400. The van der Waals surface area contributed by atoms with Gasteiger partial charge in [-0.3, -0.25) is 0 Å². The van der Waals surface area contributed by atoms with Gasteiger partial charge in [-0.25, -0.2) is 0 Å². The van der Waals surface area contributed by atoms with Crippen LogP contribution in [-0.2, 0) is 11.3 Å². The van der Waals surface area contributed by atoms with E-state index in [0.717, 1.165) is 10.5 Å². The van der Waals surface area contributed by atoms with Crippen LogP contribution in [0.4, 0.5) is 0 Å². The average molecular weight is 442 g/mol. The van der Waals surface area contributed by atoms with Gasteiger partial charge in [0.15, 0.2) is 11.5 Å². The summed E-state index contributed by atoms with van der Waals surface area (Å²) in [6.07, 6.45) is 0. The number of rotatable bonds is 8. The van der Waals surface area contributed by atoms with Crippen LogP contribution in [0.25, 0.3) is 0 Å². The molecule has 0 saturated heterocycles. The van der Waals surface area contributed by atoms with Crippen molar-refractivity contribution in [2.24, 2.45) is 5.73 Å². The number of hydrogen-bond donors (Lipinski definition) is 1. The zero-order chi connectivity index (χ0) is 22.4. The Hall–Kier alpha value is -3.21. The Morgan fingerprint density at radius 3 is 1.44 bits per heavy atom. The highest BCUT2D eigenvalue weighted by molar-refractivity contribution is 8.00. The quantitative estimate of drug-likeness (QED) is 0.259. The molecule has 0 aliphatic carbocycles. The van der Waals surface area contributed by atoms with Crippen molar-refractivity contribution >= 4 is 11.8 Å². The fourth-order valence-electron chi connectivity index (χ4n) is 4.02. The number of ether oxygens (including phenoxy) is 2. The Bertz CT molecular complexity index is 1050. The molecule has 0 atom stereocenters. The molecular weight excluding hydrogens is 414 g/mol. The Morgan fingerprint density at radius 2 is 1.06 bits per heavy atom. The van der Waals surface area contributed by atoms with E-state index in [0.29, 0.717) is 18.0 Å². The van der Waals surface area contributed by atoms with E-state index in [-0.39, 0.29) is 0 Å². The van der Waals surface area contributed by atoms with Crippen LogP contribution < -0.4 is 15.2 Å². The molecular formula is C28H27NO2S. The van der Waals surface area contributed by atoms with Gasteiger partial charge >= 0.3 is 0 Å². The van der Waals surface area contributed by atoms with Crippen molar-refractivity contribution in [3.63, 3.8) is 0 Å². The van der Waals surface area contributed by atoms with Crippen LogP contribution in [0, 0.1) is 0 Å². The molecule has 32 heavy (non-hydrogen) atoms. The zero-order valence-electron chi connectivity index (χ0n) is 18.3. The van der Waals surface area contributed by atoms with E-state index < -0.39 is 4.75 Å². The fraction of sp³-hybridized carbons (Fsp3) is 0.143. The summed E-state index contributed by atoms with van der Waals surface area (Å²) in [4.78, 5) is 1.06. The van der Waals surface area contributed by atoms with E-state index in [9.17, 15) is 0 Å². The summed E-state index contributed by atoms with van der Waals surface area (Å²) in [5.74, 6) is 1.37. The van der Waals surface area contributed by atoms with E-state index >= 15 is 0 Å². The molecule has 0 aliphatic heterocycles. The molecule has 3 nitrogen and oxygen atoms in total. The molecule has 0 radical (unpaired) electrons. The first-order valence-electron chi connectivity index (χ1n) is 10.5. The molecule has 4 rings (SSSR count). The fourth-order valence-corrected chi connectivity index (χ4v) is 5.55. The summed E-state index contributed by atoms with van der Waals surface area (Å²) in [6, 6.07) is 35.9. The second-order valence-electron chi connectivity index (χ2n) is 7.40. The van der Waals surface area contributed by atoms with Gasteiger partial charge < -0.3 is 15.2 Å². The second-order valence-corrected chi connectivity index (χ2v) is 8.66. The molecule has 4 aromatic rings. The first kappa shape index (κ1) is 22.0. The van der Waals surface area contributed by atoms with Gasteiger partial charge in [0.1, 0.15) is 0 Å². The van der Waals surface area contributed by atoms with Crippen LogP contribution >= 0.6 is 11.8 Å². The largest absolute Gasteiger partial charge is 0.493 e. The molecule has 0 heterocycles. The average Bonchev–Trinajstić information content (AvgIpc) is 2.88. The summed E-state index contributed by atoms with van der Waals surface area (Å²) in [7, 11) is 3.31. The van der Waals surface area contributed by atoms with Gasteiger partial charge in [-0.15, -0.1) is 11.8 Å². The van der Waals surface area contributed by atoms with E-state index in [1.54, 1.807) is 26.0 Å². The van der Waals surface area contributed by atoms with Crippen molar-refractivity contribution < 1.29 is 9.47 Å². The van der Waals surface area contributed by atoms with Crippen LogP contribution in [0.2, 0.25) is 0 Å². The van der Waals surface area contributed by atoms with Crippen LogP contribution in [0.15, 0.2) is 108 Å². The standard InChI is InChI=1S/C28H27NO2S/c1-30-25-18-21(20-29)27(19-26(25)31-2)32-28(22-12-6-3-7-13-22,23-14-8-4-9-15-23)24-16-10-5-11-17-24/h3-19H,20,29H2,1-2H3. The number of thioether (sulfide) groups is 1. The molecule has 0 spiro atoms. The van der Waals surface area contributed by atoms with Crippen molar-refractivity contribution in [3.05, 3.63) is 125 Å². The Kier molecular flexibility index (Phi) is 6.84. The number of hydrogen-bond acceptors (Lipinski definition) is 4. The molecule has 4 aromatic carbocycles. The lowest BCUT2D eigenvalue weighted by Gasteiger charge is -2.36. The molecule has 2 N–H and O–H groups in total.